The summed E-state index contributed by atoms with van der Waals surface area (Å²) in [7, 11) is 0. The lowest BCUT2D eigenvalue weighted by molar-refractivity contribution is -0.124. The molecule has 2 rings (SSSR count). The molecule has 0 aromatic heterocycles. The van der Waals surface area contributed by atoms with Crippen LogP contribution < -0.4 is 10.1 Å². The highest BCUT2D eigenvalue weighted by Gasteiger charge is 2.12. The number of amides is 1. The molecule has 3 nitrogen and oxygen atoms in total. The summed E-state index contributed by atoms with van der Waals surface area (Å²) in [6, 6.07) is 14.1. The molecule has 0 unspecified atom stereocenters. The highest BCUT2D eigenvalue weighted by molar-refractivity contribution is 5.88. The van der Waals surface area contributed by atoms with Gasteiger partial charge >= 0.3 is 0 Å². The van der Waals surface area contributed by atoms with Gasteiger partial charge in [-0.05, 0) is 24.3 Å². The zero-order valence-electron chi connectivity index (χ0n) is 13.8. The van der Waals surface area contributed by atoms with Crippen LogP contribution in [-0.2, 0) is 4.79 Å². The van der Waals surface area contributed by atoms with Gasteiger partial charge in [0.05, 0.1) is 6.54 Å². The zero-order valence-corrected chi connectivity index (χ0v) is 13.8. The number of nitrogens with one attached hydrogen (secondary N) is 1. The lowest BCUT2D eigenvalue weighted by atomic mass is 10.0. The minimum absolute atomic E-state index is 0.0827. The summed E-state index contributed by atoms with van der Waals surface area (Å²) in [5.74, 6) is 6.87. The summed E-state index contributed by atoms with van der Waals surface area (Å²) in [6.45, 7) is 4.73. The van der Waals surface area contributed by atoms with E-state index in [1.54, 1.807) is 0 Å². The molecule has 0 heterocycles. The number of fused-ring (bicyclic) bond motifs is 1. The van der Waals surface area contributed by atoms with Crippen molar-refractivity contribution >= 4 is 16.7 Å². The van der Waals surface area contributed by atoms with E-state index >= 15 is 0 Å². The molecule has 3 heteroatoms. The van der Waals surface area contributed by atoms with Gasteiger partial charge in [-0.15, -0.1) is 0 Å². The van der Waals surface area contributed by atoms with Gasteiger partial charge in [0.2, 0.25) is 5.91 Å². The predicted molar refractivity (Wildman–Crippen MR) is 94.3 cm³/mol. The monoisotopic (exact) mass is 309 g/mol. The van der Waals surface area contributed by atoms with Crippen LogP contribution in [0.4, 0.5) is 0 Å². The van der Waals surface area contributed by atoms with E-state index < -0.39 is 0 Å². The normalized spacial score (nSPS) is 10.2. The van der Waals surface area contributed by atoms with Crippen LogP contribution in [0, 0.1) is 17.8 Å². The Morgan fingerprint density at radius 3 is 2.61 bits per heavy atom. The molecule has 23 heavy (non-hydrogen) atoms. The van der Waals surface area contributed by atoms with Crippen molar-refractivity contribution in [1.82, 2.24) is 5.32 Å². The molecule has 0 saturated carbocycles. The van der Waals surface area contributed by atoms with Gasteiger partial charge < -0.3 is 10.1 Å². The molecule has 0 bridgehead atoms. The molecule has 0 aliphatic rings. The number of ether oxygens (including phenoxy) is 1. The fourth-order valence-electron chi connectivity index (χ4n) is 2.48. The first-order chi connectivity index (χ1) is 11.3. The van der Waals surface area contributed by atoms with Crippen molar-refractivity contribution in [2.75, 3.05) is 13.2 Å². The molecule has 0 aliphatic carbocycles. The van der Waals surface area contributed by atoms with E-state index in [4.69, 9.17) is 4.74 Å². The van der Waals surface area contributed by atoms with E-state index in [1.807, 2.05) is 44.2 Å². The molecule has 1 amide bonds. The van der Waals surface area contributed by atoms with E-state index in [9.17, 15) is 4.79 Å². The highest BCUT2D eigenvalue weighted by atomic mass is 16.5. The molecule has 2 aromatic carbocycles. The summed E-state index contributed by atoms with van der Waals surface area (Å²) < 4.78 is 5.73. The number of hydrogen-bond acceptors (Lipinski definition) is 2. The minimum atomic E-state index is 0.0827. The van der Waals surface area contributed by atoms with Crippen LogP contribution >= 0.6 is 0 Å². The summed E-state index contributed by atoms with van der Waals surface area (Å²) >= 11 is 0. The van der Waals surface area contributed by atoms with Crippen molar-refractivity contribution in [2.24, 2.45) is 5.92 Å². The van der Waals surface area contributed by atoms with Crippen molar-refractivity contribution in [3.63, 3.8) is 0 Å². The van der Waals surface area contributed by atoms with Crippen LogP contribution in [0.3, 0.4) is 0 Å². The number of carbonyl (C=O) groups excluding carboxylic acids is 1. The second-order valence-electron chi connectivity index (χ2n) is 5.35. The maximum Gasteiger partial charge on any atom is 0.223 e. The molecule has 0 fully saturated rings. The van der Waals surface area contributed by atoms with Gasteiger partial charge in [-0.1, -0.05) is 62.1 Å². The number of hydrogen-bond donors (Lipinski definition) is 1. The van der Waals surface area contributed by atoms with Gasteiger partial charge in [0, 0.05) is 11.3 Å². The molecule has 1 N–H and O–H groups in total. The largest absolute Gasteiger partial charge is 0.480 e. The van der Waals surface area contributed by atoms with Gasteiger partial charge in [0.25, 0.3) is 0 Å². The van der Waals surface area contributed by atoms with Crippen molar-refractivity contribution < 1.29 is 9.53 Å². The highest BCUT2D eigenvalue weighted by Crippen LogP contribution is 2.24. The number of rotatable bonds is 6. The van der Waals surface area contributed by atoms with Crippen LogP contribution in [0.5, 0.6) is 5.75 Å². The Morgan fingerprint density at radius 2 is 1.83 bits per heavy atom. The van der Waals surface area contributed by atoms with E-state index in [-0.39, 0.29) is 11.8 Å². The Bertz CT molecular complexity index is 703. The van der Waals surface area contributed by atoms with E-state index in [1.165, 1.54) is 0 Å². The van der Waals surface area contributed by atoms with Crippen molar-refractivity contribution in [3.05, 3.63) is 42.5 Å². The average molecular weight is 309 g/mol. The number of benzene rings is 2. The van der Waals surface area contributed by atoms with Crippen molar-refractivity contribution in [3.8, 4) is 17.6 Å². The quantitative estimate of drug-likeness (QED) is 0.825. The van der Waals surface area contributed by atoms with Gasteiger partial charge in [-0.2, -0.15) is 0 Å². The van der Waals surface area contributed by atoms with Crippen LogP contribution in [0.15, 0.2) is 42.5 Å². The molecule has 0 spiro atoms. The Balaban J connectivity index is 1.82. The first-order valence-corrected chi connectivity index (χ1v) is 8.10. The fourth-order valence-corrected chi connectivity index (χ4v) is 2.48. The van der Waals surface area contributed by atoms with Gasteiger partial charge in [0.15, 0.2) is 0 Å². The molecule has 120 valence electrons. The minimum Gasteiger partial charge on any atom is -0.480 e. The first kappa shape index (κ1) is 16.9. The maximum absolute atomic E-state index is 11.8. The Labute approximate surface area is 138 Å². The first-order valence-electron chi connectivity index (χ1n) is 8.10. The third-order valence-electron chi connectivity index (χ3n) is 3.88. The van der Waals surface area contributed by atoms with Crippen LogP contribution in [0.25, 0.3) is 10.8 Å². The summed E-state index contributed by atoms with van der Waals surface area (Å²) in [4.78, 5) is 11.8. The maximum atomic E-state index is 11.8. The zero-order chi connectivity index (χ0) is 16.5. The lowest BCUT2D eigenvalue weighted by Crippen LogP contribution is -2.30. The summed E-state index contributed by atoms with van der Waals surface area (Å²) in [5.41, 5.74) is 0. The van der Waals surface area contributed by atoms with Gasteiger partial charge in [-0.3, -0.25) is 4.79 Å². The van der Waals surface area contributed by atoms with E-state index in [0.717, 1.165) is 29.4 Å². The summed E-state index contributed by atoms with van der Waals surface area (Å²) in [6.07, 6.45) is 1.72. The van der Waals surface area contributed by atoms with Crippen LogP contribution in [0.1, 0.15) is 26.7 Å². The standard InChI is InChI=1S/C20H23NO2/c1-3-16(4-2)20(22)21-14-7-8-15-23-19-13-9-11-17-10-5-6-12-18(17)19/h5-6,9-13,16H,3-4,14-15H2,1-2H3,(H,21,22). The second-order valence-corrected chi connectivity index (χ2v) is 5.35. The molecular weight excluding hydrogens is 286 g/mol. The van der Waals surface area contributed by atoms with Crippen LogP contribution in [0.2, 0.25) is 0 Å². The molecule has 0 radical (unpaired) electrons. The molecular formula is C20H23NO2. The van der Waals surface area contributed by atoms with Crippen molar-refractivity contribution in [2.45, 2.75) is 26.7 Å². The second kappa shape index (κ2) is 8.85. The SMILES string of the molecule is CCC(CC)C(=O)NCC#CCOc1cccc2ccccc12. The molecule has 0 atom stereocenters. The van der Waals surface area contributed by atoms with E-state index in [0.29, 0.717) is 13.2 Å². The third kappa shape index (κ3) is 4.75. The van der Waals surface area contributed by atoms with E-state index in [2.05, 4.69) is 29.3 Å². The molecule has 2 aromatic rings. The predicted octanol–water partition coefficient (Wildman–Crippen LogP) is 3.77. The lowest BCUT2D eigenvalue weighted by Gasteiger charge is -2.10. The van der Waals surface area contributed by atoms with Gasteiger partial charge in [0.1, 0.15) is 12.4 Å². The Kier molecular flexibility index (Phi) is 6.50. The third-order valence-corrected chi connectivity index (χ3v) is 3.88. The van der Waals surface area contributed by atoms with Crippen LogP contribution in [-0.4, -0.2) is 19.1 Å². The average Bonchev–Trinajstić information content (AvgIpc) is 2.59. The Hall–Kier alpha value is -2.47. The van der Waals surface area contributed by atoms with Gasteiger partial charge in [-0.25, -0.2) is 0 Å². The van der Waals surface area contributed by atoms with Crippen molar-refractivity contribution in [1.29, 1.82) is 0 Å². The summed E-state index contributed by atoms with van der Waals surface area (Å²) in [5, 5.41) is 5.08. The molecule has 0 saturated heterocycles. The fraction of sp³-hybridized carbons (Fsp3) is 0.350. The Morgan fingerprint density at radius 1 is 1.09 bits per heavy atom. The topological polar surface area (TPSA) is 38.3 Å². The molecule has 0 aliphatic heterocycles. The number of carbonyl (C=O) groups is 1. The smallest absolute Gasteiger partial charge is 0.223 e.